The second-order valence-corrected chi connectivity index (χ2v) is 13.3. The largest absolute Gasteiger partial charge is 0.481 e. The van der Waals surface area contributed by atoms with Crippen molar-refractivity contribution in [3.63, 3.8) is 0 Å². The fourth-order valence-electron chi connectivity index (χ4n) is 4.00. The number of carbonyl (C=O) groups excluding carboxylic acids is 3. The van der Waals surface area contributed by atoms with Crippen molar-refractivity contribution in [2.75, 3.05) is 12.8 Å². The lowest BCUT2D eigenvalue weighted by atomic mass is 10.0. The van der Waals surface area contributed by atoms with Crippen molar-refractivity contribution < 1.29 is 47.4 Å². The number of carboxylic acids is 1. The van der Waals surface area contributed by atoms with Crippen LogP contribution in [0.1, 0.15) is 66.4 Å². The standard InChI is InChI=1S/C33H47N2O10P/c1-7-29(38)42-32(22(3)4)44-46(41,45-33(23(5)6)43-30(39)8-2)21-35-27(31(40)34-19-18-28(36)37)20-24-14-16-26(17-15-24)25-12-10-9-11-13-25/h9-17,22-23,27,32-33,35H,7-8,18-21H2,1-6H3,(H,34,40)(H,36,37)/t27?,32-,33?,46?/m0/s1. The maximum atomic E-state index is 14.4. The van der Waals surface area contributed by atoms with Crippen LogP contribution in [0.25, 0.3) is 11.1 Å². The number of hydrogen-bond donors (Lipinski definition) is 3. The first-order valence-electron chi connectivity index (χ1n) is 15.5. The van der Waals surface area contributed by atoms with Crippen LogP contribution < -0.4 is 10.6 Å². The van der Waals surface area contributed by atoms with E-state index in [0.29, 0.717) is 0 Å². The van der Waals surface area contributed by atoms with Gasteiger partial charge in [0.2, 0.25) is 18.5 Å². The number of hydrogen-bond acceptors (Lipinski definition) is 10. The minimum absolute atomic E-state index is 0.0559. The van der Waals surface area contributed by atoms with Gasteiger partial charge in [0.1, 0.15) is 0 Å². The minimum Gasteiger partial charge on any atom is -0.481 e. The molecule has 0 heterocycles. The van der Waals surface area contributed by atoms with Crippen molar-refractivity contribution in [2.45, 2.75) is 85.8 Å². The van der Waals surface area contributed by atoms with Crippen LogP contribution in [0.4, 0.5) is 0 Å². The molecule has 0 saturated carbocycles. The zero-order valence-corrected chi connectivity index (χ0v) is 28.3. The third-order valence-corrected chi connectivity index (χ3v) is 8.30. The third-order valence-electron chi connectivity index (χ3n) is 6.68. The molecule has 0 fully saturated rings. The molecule has 2 aromatic rings. The molecule has 0 spiro atoms. The molecule has 0 bridgehead atoms. The van der Waals surface area contributed by atoms with Crippen LogP contribution in [0.15, 0.2) is 54.6 Å². The Balaban J connectivity index is 2.38. The normalized spacial score (nSPS) is 14.6. The molecule has 3 N–H and O–H groups in total. The molecule has 0 saturated heterocycles. The number of benzene rings is 2. The van der Waals surface area contributed by atoms with Crippen molar-refractivity contribution in [2.24, 2.45) is 11.8 Å². The van der Waals surface area contributed by atoms with Gasteiger partial charge in [0.05, 0.1) is 18.7 Å². The molecule has 2 rings (SSSR count). The Morgan fingerprint density at radius 2 is 1.28 bits per heavy atom. The van der Waals surface area contributed by atoms with E-state index in [-0.39, 0.29) is 32.2 Å². The molecule has 1 amide bonds. The fraction of sp³-hybridized carbons (Fsp3) is 0.515. The number of aliphatic carboxylic acids is 1. The molecule has 13 heteroatoms. The van der Waals surface area contributed by atoms with Crippen LogP contribution in [-0.2, 0) is 48.7 Å². The lowest BCUT2D eigenvalue weighted by Crippen LogP contribution is -2.47. The lowest BCUT2D eigenvalue weighted by molar-refractivity contribution is -0.178. The second kappa shape index (κ2) is 19.2. The van der Waals surface area contributed by atoms with E-state index < -0.39 is 68.2 Å². The summed E-state index contributed by atoms with van der Waals surface area (Å²) in [7, 11) is -4.30. The van der Waals surface area contributed by atoms with Crippen molar-refractivity contribution in [1.29, 1.82) is 0 Å². The first kappa shape index (κ1) is 38.6. The van der Waals surface area contributed by atoms with E-state index in [4.69, 9.17) is 23.6 Å². The van der Waals surface area contributed by atoms with E-state index in [0.717, 1.165) is 16.7 Å². The molecular weight excluding hydrogens is 615 g/mol. The molecule has 0 radical (unpaired) electrons. The molecule has 12 nitrogen and oxygen atoms in total. The molecule has 46 heavy (non-hydrogen) atoms. The van der Waals surface area contributed by atoms with Crippen LogP contribution in [0.2, 0.25) is 0 Å². The van der Waals surface area contributed by atoms with E-state index in [1.807, 2.05) is 54.6 Å². The van der Waals surface area contributed by atoms with Gasteiger partial charge >= 0.3 is 25.5 Å². The topological polar surface area (TPSA) is 167 Å². The molecule has 0 aromatic heterocycles. The average Bonchev–Trinajstić information content (AvgIpc) is 3.02. The van der Waals surface area contributed by atoms with Crippen LogP contribution >= 0.6 is 7.60 Å². The molecule has 2 aromatic carbocycles. The molecule has 0 aliphatic rings. The zero-order valence-electron chi connectivity index (χ0n) is 27.4. The Morgan fingerprint density at radius 1 is 0.783 bits per heavy atom. The summed E-state index contributed by atoms with van der Waals surface area (Å²) in [5, 5.41) is 14.6. The Kier molecular flexibility index (Phi) is 16.1. The quantitative estimate of drug-likeness (QED) is 0.0931. The molecule has 0 aliphatic heterocycles. The van der Waals surface area contributed by atoms with Gasteiger partial charge in [-0.1, -0.05) is 96.1 Å². The highest BCUT2D eigenvalue weighted by molar-refractivity contribution is 7.53. The third kappa shape index (κ3) is 13.4. The first-order chi connectivity index (χ1) is 21.8. The van der Waals surface area contributed by atoms with Crippen LogP contribution in [0, 0.1) is 11.8 Å². The molecule has 254 valence electrons. The smallest absolute Gasteiger partial charge is 0.350 e. The summed E-state index contributed by atoms with van der Waals surface area (Å²) in [6.07, 6.45) is -3.07. The van der Waals surface area contributed by atoms with Gasteiger partial charge in [-0.2, -0.15) is 0 Å². The van der Waals surface area contributed by atoms with Crippen LogP contribution in [0.3, 0.4) is 0 Å². The maximum absolute atomic E-state index is 14.4. The molecule has 4 atom stereocenters. The number of carbonyl (C=O) groups is 4. The van der Waals surface area contributed by atoms with E-state index >= 15 is 0 Å². The summed E-state index contributed by atoms with van der Waals surface area (Å²) in [6.45, 7) is 9.93. The van der Waals surface area contributed by atoms with E-state index in [1.54, 1.807) is 41.5 Å². The predicted molar refractivity (Wildman–Crippen MR) is 172 cm³/mol. The predicted octanol–water partition coefficient (Wildman–Crippen LogP) is 5.50. The summed E-state index contributed by atoms with van der Waals surface area (Å²) in [5.41, 5.74) is 2.78. The van der Waals surface area contributed by atoms with Gasteiger partial charge in [-0.3, -0.25) is 38.1 Å². The summed E-state index contributed by atoms with van der Waals surface area (Å²) >= 11 is 0. The van der Waals surface area contributed by atoms with Gasteiger partial charge in [0.15, 0.2) is 0 Å². The van der Waals surface area contributed by atoms with E-state index in [1.165, 1.54) is 0 Å². The highest BCUT2D eigenvalue weighted by atomic mass is 31.2. The molecule has 3 unspecified atom stereocenters. The Bertz CT molecular complexity index is 1280. The summed E-state index contributed by atoms with van der Waals surface area (Å²) in [6, 6.07) is 16.4. The average molecular weight is 663 g/mol. The van der Waals surface area contributed by atoms with Crippen LogP contribution in [0.5, 0.6) is 0 Å². The van der Waals surface area contributed by atoms with E-state index in [9.17, 15) is 23.7 Å². The number of carboxylic acid groups (broad SMARTS) is 1. The SMILES string of the molecule is CCC(=O)OC(OP(=O)(CNC(Cc1ccc(-c2ccccc2)cc1)C(=O)NCCC(=O)O)O[C@H](OC(=O)CC)C(C)C)C(C)C. The second-order valence-electron chi connectivity index (χ2n) is 11.4. The van der Waals surface area contributed by atoms with Gasteiger partial charge in [-0.05, 0) is 23.1 Å². The van der Waals surface area contributed by atoms with Gasteiger partial charge in [0, 0.05) is 31.2 Å². The van der Waals surface area contributed by atoms with Gasteiger partial charge in [-0.15, -0.1) is 0 Å². The number of rotatable bonds is 20. The maximum Gasteiger partial charge on any atom is 0.350 e. The Hall–Kier alpha value is -3.57. The van der Waals surface area contributed by atoms with Crippen LogP contribution in [-0.4, -0.2) is 60.4 Å². The highest BCUT2D eigenvalue weighted by Crippen LogP contribution is 2.51. The van der Waals surface area contributed by atoms with E-state index in [2.05, 4.69) is 10.6 Å². The van der Waals surface area contributed by atoms with Crippen molar-refractivity contribution in [3.8, 4) is 11.1 Å². The van der Waals surface area contributed by atoms with Gasteiger partial charge < -0.3 is 19.9 Å². The zero-order chi connectivity index (χ0) is 34.3. The Labute approximate surface area is 271 Å². The minimum atomic E-state index is -4.30. The Morgan fingerprint density at radius 3 is 1.74 bits per heavy atom. The number of esters is 2. The lowest BCUT2D eigenvalue weighted by Gasteiger charge is -2.31. The van der Waals surface area contributed by atoms with Gasteiger partial charge in [-0.25, -0.2) is 0 Å². The van der Waals surface area contributed by atoms with Crippen molar-refractivity contribution in [3.05, 3.63) is 60.2 Å². The first-order valence-corrected chi connectivity index (χ1v) is 17.2. The van der Waals surface area contributed by atoms with Crippen molar-refractivity contribution >= 4 is 31.4 Å². The monoisotopic (exact) mass is 662 g/mol. The highest BCUT2D eigenvalue weighted by Gasteiger charge is 2.38. The molecular formula is C33H47N2O10P. The van der Waals surface area contributed by atoms with Crippen molar-refractivity contribution in [1.82, 2.24) is 10.6 Å². The fourth-order valence-corrected chi connectivity index (χ4v) is 5.84. The summed E-state index contributed by atoms with van der Waals surface area (Å²) in [4.78, 5) is 48.6. The number of nitrogens with one attached hydrogen (secondary N) is 2. The number of ether oxygens (including phenoxy) is 2. The molecule has 0 aliphatic carbocycles. The summed E-state index contributed by atoms with van der Waals surface area (Å²) in [5.74, 6) is -3.62. The number of amides is 1. The summed E-state index contributed by atoms with van der Waals surface area (Å²) < 4.78 is 36.9. The van der Waals surface area contributed by atoms with Gasteiger partial charge in [0.25, 0.3) is 0 Å².